The van der Waals surface area contributed by atoms with E-state index in [-0.39, 0.29) is 10.6 Å². The van der Waals surface area contributed by atoms with E-state index in [1.165, 1.54) is 22.2 Å². The lowest BCUT2D eigenvalue weighted by molar-refractivity contribution is -0.384. The predicted octanol–water partition coefficient (Wildman–Crippen LogP) is 5.45. The number of rotatable bonds is 6. The summed E-state index contributed by atoms with van der Waals surface area (Å²) < 4.78 is 0. The molecule has 0 amide bonds. The molecule has 2 heterocycles. The SMILES string of the molecule is CCNc1nc(SCc2ccc([N+](=O)[O-])cc2)nc2sc3c(c12)CC[C@H](C)C3. The van der Waals surface area contributed by atoms with E-state index < -0.39 is 0 Å². The molecule has 28 heavy (non-hydrogen) atoms. The number of nitro benzene ring substituents is 1. The maximum absolute atomic E-state index is 10.8. The molecule has 8 heteroatoms. The summed E-state index contributed by atoms with van der Waals surface area (Å²) >= 11 is 3.37. The maximum Gasteiger partial charge on any atom is 0.269 e. The van der Waals surface area contributed by atoms with Crippen molar-refractivity contribution >= 4 is 44.8 Å². The number of non-ortho nitro benzene ring substituents is 1. The molecule has 1 atom stereocenters. The van der Waals surface area contributed by atoms with Gasteiger partial charge < -0.3 is 5.32 Å². The molecule has 0 fully saturated rings. The van der Waals surface area contributed by atoms with Gasteiger partial charge in [0.2, 0.25) is 0 Å². The van der Waals surface area contributed by atoms with E-state index in [4.69, 9.17) is 9.97 Å². The summed E-state index contributed by atoms with van der Waals surface area (Å²) in [7, 11) is 0. The number of hydrogen-bond acceptors (Lipinski definition) is 7. The Morgan fingerprint density at radius 1 is 1.32 bits per heavy atom. The van der Waals surface area contributed by atoms with Crippen molar-refractivity contribution in [1.82, 2.24) is 9.97 Å². The van der Waals surface area contributed by atoms with E-state index in [0.29, 0.717) is 5.75 Å². The van der Waals surface area contributed by atoms with E-state index in [1.54, 1.807) is 47.4 Å². The molecule has 1 aliphatic rings. The lowest BCUT2D eigenvalue weighted by atomic mass is 9.89. The minimum atomic E-state index is -0.379. The molecule has 1 aromatic carbocycles. The van der Waals surface area contributed by atoms with Crippen molar-refractivity contribution < 1.29 is 4.92 Å². The second-order valence-corrected chi connectivity index (χ2v) is 9.16. The highest BCUT2D eigenvalue weighted by Crippen LogP contribution is 2.41. The van der Waals surface area contributed by atoms with Crippen LogP contribution in [0.4, 0.5) is 11.5 Å². The van der Waals surface area contributed by atoms with Crippen molar-refractivity contribution in [3.8, 4) is 0 Å². The molecule has 0 unspecified atom stereocenters. The third-order valence-electron chi connectivity index (χ3n) is 4.99. The number of nitrogens with one attached hydrogen (secondary N) is 1. The minimum absolute atomic E-state index is 0.110. The van der Waals surface area contributed by atoms with Gasteiger partial charge in [-0.15, -0.1) is 11.3 Å². The zero-order chi connectivity index (χ0) is 19.7. The Bertz CT molecular complexity index is 1020. The standard InChI is InChI=1S/C20H22N4O2S2/c1-3-21-18-17-15-9-4-12(2)10-16(15)28-19(17)23-20(22-18)27-11-13-5-7-14(8-6-13)24(25)26/h5-8,12H,3-4,9-11H2,1-2H3,(H,21,22,23)/t12-/m0/s1. The van der Waals surface area contributed by atoms with Crippen molar-refractivity contribution in [1.29, 1.82) is 0 Å². The van der Waals surface area contributed by atoms with Gasteiger partial charge in [-0.05, 0) is 43.2 Å². The summed E-state index contributed by atoms with van der Waals surface area (Å²) in [5.74, 6) is 2.34. The first-order valence-corrected chi connectivity index (χ1v) is 11.3. The number of anilines is 1. The molecule has 6 nitrogen and oxygen atoms in total. The average molecular weight is 415 g/mol. The van der Waals surface area contributed by atoms with Gasteiger partial charge >= 0.3 is 0 Å². The van der Waals surface area contributed by atoms with Gasteiger partial charge in [-0.2, -0.15) is 0 Å². The summed E-state index contributed by atoms with van der Waals surface area (Å²) in [6.07, 6.45) is 3.46. The predicted molar refractivity (Wildman–Crippen MR) is 115 cm³/mol. The van der Waals surface area contributed by atoms with Crippen molar-refractivity contribution in [2.75, 3.05) is 11.9 Å². The molecular formula is C20H22N4O2S2. The van der Waals surface area contributed by atoms with Gasteiger partial charge in [0.05, 0.1) is 10.3 Å². The molecule has 0 aliphatic heterocycles. The molecule has 146 valence electrons. The van der Waals surface area contributed by atoms with Crippen LogP contribution < -0.4 is 5.32 Å². The first-order valence-electron chi connectivity index (χ1n) is 9.47. The summed E-state index contributed by atoms with van der Waals surface area (Å²) in [5, 5.41) is 16.2. The van der Waals surface area contributed by atoms with E-state index in [0.717, 1.165) is 46.7 Å². The van der Waals surface area contributed by atoms with Crippen LogP contribution in [0.1, 0.15) is 36.3 Å². The van der Waals surface area contributed by atoms with Crippen LogP contribution in [-0.4, -0.2) is 21.4 Å². The zero-order valence-corrected chi connectivity index (χ0v) is 17.5. The first-order chi connectivity index (χ1) is 13.5. The fraction of sp³-hybridized carbons (Fsp3) is 0.400. The number of thiophene rings is 1. The number of nitro groups is 1. The fourth-order valence-electron chi connectivity index (χ4n) is 3.54. The van der Waals surface area contributed by atoms with Crippen LogP contribution in [0.25, 0.3) is 10.2 Å². The van der Waals surface area contributed by atoms with Crippen LogP contribution in [0.5, 0.6) is 0 Å². The lowest BCUT2D eigenvalue weighted by Crippen LogP contribution is -2.09. The maximum atomic E-state index is 10.8. The number of benzene rings is 1. The van der Waals surface area contributed by atoms with Gasteiger partial charge in [0.1, 0.15) is 10.6 Å². The molecule has 3 aromatic rings. The summed E-state index contributed by atoms with van der Waals surface area (Å²) in [6, 6.07) is 6.66. The van der Waals surface area contributed by atoms with E-state index in [2.05, 4.69) is 19.2 Å². The van der Waals surface area contributed by atoms with Gasteiger partial charge in [-0.1, -0.05) is 30.8 Å². The van der Waals surface area contributed by atoms with Crippen LogP contribution in [-0.2, 0) is 18.6 Å². The van der Waals surface area contributed by atoms with Crippen molar-refractivity contribution in [2.45, 2.75) is 44.0 Å². The molecule has 4 rings (SSSR count). The highest BCUT2D eigenvalue weighted by molar-refractivity contribution is 7.98. The average Bonchev–Trinajstić information content (AvgIpc) is 3.04. The number of nitrogens with zero attached hydrogens (tertiary/aromatic N) is 3. The summed E-state index contributed by atoms with van der Waals surface area (Å²) in [5.41, 5.74) is 2.56. The van der Waals surface area contributed by atoms with Crippen LogP contribution in [0.2, 0.25) is 0 Å². The van der Waals surface area contributed by atoms with Crippen molar-refractivity contribution in [3.05, 3.63) is 50.4 Å². The largest absolute Gasteiger partial charge is 0.370 e. The van der Waals surface area contributed by atoms with Crippen LogP contribution >= 0.6 is 23.1 Å². The smallest absolute Gasteiger partial charge is 0.269 e. The van der Waals surface area contributed by atoms with E-state index in [1.807, 2.05) is 0 Å². The molecule has 1 N–H and O–H groups in total. The Morgan fingerprint density at radius 3 is 2.82 bits per heavy atom. The Hall–Kier alpha value is -2.19. The van der Waals surface area contributed by atoms with Gasteiger partial charge in [-0.3, -0.25) is 10.1 Å². The normalized spacial score (nSPS) is 16.1. The van der Waals surface area contributed by atoms with Gasteiger partial charge in [-0.25, -0.2) is 9.97 Å². The Balaban J connectivity index is 1.61. The van der Waals surface area contributed by atoms with Crippen molar-refractivity contribution in [2.24, 2.45) is 5.92 Å². The fourth-order valence-corrected chi connectivity index (χ4v) is 5.78. The molecule has 0 bridgehead atoms. The second kappa shape index (κ2) is 8.05. The summed E-state index contributed by atoms with van der Waals surface area (Å²) in [4.78, 5) is 22.6. The quantitative estimate of drug-likeness (QED) is 0.250. The molecular weight excluding hydrogens is 392 g/mol. The molecule has 0 saturated carbocycles. The monoisotopic (exact) mass is 414 g/mol. The van der Waals surface area contributed by atoms with Gasteiger partial charge in [0, 0.05) is 29.3 Å². The van der Waals surface area contributed by atoms with E-state index >= 15 is 0 Å². The van der Waals surface area contributed by atoms with Crippen molar-refractivity contribution in [3.63, 3.8) is 0 Å². The first kappa shape index (κ1) is 19.1. The third kappa shape index (κ3) is 3.84. The van der Waals surface area contributed by atoms with Crippen LogP contribution in [0.15, 0.2) is 29.4 Å². The second-order valence-electron chi connectivity index (χ2n) is 7.13. The third-order valence-corrected chi connectivity index (χ3v) is 7.06. The molecule has 0 saturated heterocycles. The number of aromatic nitrogens is 2. The lowest BCUT2D eigenvalue weighted by Gasteiger charge is -2.18. The van der Waals surface area contributed by atoms with E-state index in [9.17, 15) is 10.1 Å². The van der Waals surface area contributed by atoms with Gasteiger partial charge in [0.25, 0.3) is 5.69 Å². The minimum Gasteiger partial charge on any atom is -0.370 e. The highest BCUT2D eigenvalue weighted by atomic mass is 32.2. The molecule has 0 radical (unpaired) electrons. The number of aryl methyl sites for hydroxylation is 1. The Labute approximate surface area is 171 Å². The highest BCUT2D eigenvalue weighted by Gasteiger charge is 2.24. The molecule has 1 aliphatic carbocycles. The number of hydrogen-bond donors (Lipinski definition) is 1. The zero-order valence-electron chi connectivity index (χ0n) is 15.9. The summed E-state index contributed by atoms with van der Waals surface area (Å²) in [6.45, 7) is 5.22. The Kier molecular flexibility index (Phi) is 5.50. The molecule has 0 spiro atoms. The van der Waals surface area contributed by atoms with Gasteiger partial charge in [0.15, 0.2) is 5.16 Å². The van der Waals surface area contributed by atoms with Crippen LogP contribution in [0, 0.1) is 16.0 Å². The molecule has 2 aromatic heterocycles. The number of thioether (sulfide) groups is 1. The number of fused-ring (bicyclic) bond motifs is 3. The Morgan fingerprint density at radius 2 is 2.11 bits per heavy atom. The topological polar surface area (TPSA) is 81.0 Å². The van der Waals surface area contributed by atoms with Crippen LogP contribution in [0.3, 0.4) is 0 Å².